The van der Waals surface area contributed by atoms with Crippen LogP contribution >= 0.6 is 0 Å². The standard InChI is InChI=1S/C14H19NO/c1-10-6-2-3-7-11(10)14(16)12-8-4-5-9-13(12)15/h2-3,6-7,12-13H,4-5,8-9,15H2,1H3. The first-order chi connectivity index (χ1) is 7.70. The van der Waals surface area contributed by atoms with Gasteiger partial charge >= 0.3 is 0 Å². The largest absolute Gasteiger partial charge is 0.327 e. The molecule has 2 atom stereocenters. The Morgan fingerprint density at radius 3 is 2.62 bits per heavy atom. The highest BCUT2D eigenvalue weighted by molar-refractivity contribution is 5.99. The molecule has 0 spiro atoms. The summed E-state index contributed by atoms with van der Waals surface area (Å²) in [5.74, 6) is 0.278. The topological polar surface area (TPSA) is 43.1 Å². The molecule has 0 heterocycles. The van der Waals surface area contributed by atoms with Gasteiger partial charge < -0.3 is 5.73 Å². The van der Waals surface area contributed by atoms with Gasteiger partial charge in [-0.1, -0.05) is 37.1 Å². The van der Waals surface area contributed by atoms with Crippen LogP contribution in [0.1, 0.15) is 41.6 Å². The molecular weight excluding hydrogens is 198 g/mol. The molecule has 1 aliphatic carbocycles. The average Bonchev–Trinajstić information content (AvgIpc) is 2.29. The van der Waals surface area contributed by atoms with Gasteiger partial charge in [-0.25, -0.2) is 0 Å². The second-order valence-corrected chi connectivity index (χ2v) is 4.73. The summed E-state index contributed by atoms with van der Waals surface area (Å²) in [6, 6.07) is 7.85. The van der Waals surface area contributed by atoms with Gasteiger partial charge in [0.1, 0.15) is 0 Å². The highest BCUT2D eigenvalue weighted by Gasteiger charge is 2.29. The van der Waals surface area contributed by atoms with Gasteiger partial charge in [0.2, 0.25) is 0 Å². The van der Waals surface area contributed by atoms with Crippen LogP contribution in [0, 0.1) is 12.8 Å². The quantitative estimate of drug-likeness (QED) is 0.774. The van der Waals surface area contributed by atoms with Gasteiger partial charge in [-0.15, -0.1) is 0 Å². The Morgan fingerprint density at radius 1 is 1.25 bits per heavy atom. The smallest absolute Gasteiger partial charge is 0.167 e. The minimum absolute atomic E-state index is 0.0369. The fraction of sp³-hybridized carbons (Fsp3) is 0.500. The zero-order valence-corrected chi connectivity index (χ0v) is 9.78. The molecule has 1 aliphatic rings. The lowest BCUT2D eigenvalue weighted by molar-refractivity contribution is 0.0870. The van der Waals surface area contributed by atoms with Crippen molar-refractivity contribution in [2.45, 2.75) is 38.6 Å². The molecule has 1 fully saturated rings. The lowest BCUT2D eigenvalue weighted by Gasteiger charge is -2.27. The molecule has 1 aromatic carbocycles. The molecule has 2 N–H and O–H groups in total. The van der Waals surface area contributed by atoms with E-state index in [9.17, 15) is 4.79 Å². The number of rotatable bonds is 2. The van der Waals surface area contributed by atoms with E-state index in [2.05, 4.69) is 0 Å². The lowest BCUT2D eigenvalue weighted by atomic mass is 9.79. The number of carbonyl (C=O) groups excluding carboxylic acids is 1. The van der Waals surface area contributed by atoms with Crippen molar-refractivity contribution in [1.29, 1.82) is 0 Å². The van der Waals surface area contributed by atoms with Gasteiger partial charge in [0.25, 0.3) is 0 Å². The predicted molar refractivity (Wildman–Crippen MR) is 65.4 cm³/mol. The Kier molecular flexibility index (Phi) is 3.39. The first kappa shape index (κ1) is 11.3. The molecule has 1 saturated carbocycles. The number of hydrogen-bond acceptors (Lipinski definition) is 2. The maximum Gasteiger partial charge on any atom is 0.167 e. The van der Waals surface area contributed by atoms with Gasteiger partial charge in [-0.05, 0) is 25.3 Å². The van der Waals surface area contributed by atoms with E-state index in [0.29, 0.717) is 0 Å². The Morgan fingerprint density at radius 2 is 1.94 bits per heavy atom. The highest BCUT2D eigenvalue weighted by Crippen LogP contribution is 2.27. The van der Waals surface area contributed by atoms with Crippen molar-refractivity contribution in [3.63, 3.8) is 0 Å². The van der Waals surface area contributed by atoms with E-state index in [1.165, 1.54) is 6.42 Å². The lowest BCUT2D eigenvalue weighted by Crippen LogP contribution is -2.38. The number of ketones is 1. The first-order valence-corrected chi connectivity index (χ1v) is 6.05. The van der Waals surface area contributed by atoms with Crippen molar-refractivity contribution in [2.75, 3.05) is 0 Å². The van der Waals surface area contributed by atoms with Crippen LogP contribution in [0.3, 0.4) is 0 Å². The monoisotopic (exact) mass is 217 g/mol. The van der Waals surface area contributed by atoms with Crippen LogP contribution in [0.25, 0.3) is 0 Å². The number of hydrogen-bond donors (Lipinski definition) is 1. The number of Topliss-reactive ketones (excluding diaryl/α,β-unsaturated/α-hetero) is 1. The summed E-state index contributed by atoms with van der Waals surface area (Å²) in [5, 5.41) is 0. The van der Waals surface area contributed by atoms with Crippen molar-refractivity contribution in [3.05, 3.63) is 35.4 Å². The number of nitrogens with two attached hydrogens (primary N) is 1. The van der Waals surface area contributed by atoms with Gasteiger partial charge in [-0.3, -0.25) is 4.79 Å². The molecule has 2 nitrogen and oxygen atoms in total. The molecule has 2 unspecified atom stereocenters. The van der Waals surface area contributed by atoms with E-state index in [1.54, 1.807) is 0 Å². The third-order valence-electron chi connectivity index (χ3n) is 3.57. The summed E-state index contributed by atoms with van der Waals surface area (Å²) in [5.41, 5.74) is 7.96. The molecule has 0 saturated heterocycles. The fourth-order valence-electron chi connectivity index (χ4n) is 2.53. The second kappa shape index (κ2) is 4.79. The van der Waals surface area contributed by atoms with Gasteiger partial charge in [0, 0.05) is 17.5 Å². The van der Waals surface area contributed by atoms with Crippen LogP contribution in [0.4, 0.5) is 0 Å². The average molecular weight is 217 g/mol. The molecular formula is C14H19NO. The van der Waals surface area contributed by atoms with Gasteiger partial charge in [0.05, 0.1) is 0 Å². The number of carbonyl (C=O) groups is 1. The van der Waals surface area contributed by atoms with Crippen LogP contribution in [0.5, 0.6) is 0 Å². The molecule has 1 aromatic rings. The molecule has 0 aliphatic heterocycles. The number of aryl methyl sites for hydroxylation is 1. The molecule has 0 aromatic heterocycles. The zero-order chi connectivity index (χ0) is 11.5. The van der Waals surface area contributed by atoms with Crippen molar-refractivity contribution >= 4 is 5.78 Å². The minimum Gasteiger partial charge on any atom is -0.327 e. The molecule has 0 radical (unpaired) electrons. The minimum atomic E-state index is 0.0369. The molecule has 2 heteroatoms. The van der Waals surface area contributed by atoms with E-state index in [1.807, 2.05) is 31.2 Å². The molecule has 86 valence electrons. The molecule has 0 bridgehead atoms. The van der Waals surface area contributed by atoms with Crippen LogP contribution in [0.15, 0.2) is 24.3 Å². The normalized spacial score (nSPS) is 25.4. The maximum atomic E-state index is 12.4. The summed E-state index contributed by atoms with van der Waals surface area (Å²) in [6.07, 6.45) is 4.24. The number of benzene rings is 1. The molecule has 0 amide bonds. The summed E-state index contributed by atoms with van der Waals surface area (Å²) in [6.45, 7) is 1.99. The summed E-state index contributed by atoms with van der Waals surface area (Å²) < 4.78 is 0. The van der Waals surface area contributed by atoms with Gasteiger partial charge in [-0.2, -0.15) is 0 Å². The van der Waals surface area contributed by atoms with Crippen molar-refractivity contribution in [3.8, 4) is 0 Å². The van der Waals surface area contributed by atoms with E-state index in [4.69, 9.17) is 5.73 Å². The Labute approximate surface area is 96.8 Å². The summed E-state index contributed by atoms with van der Waals surface area (Å²) in [7, 11) is 0. The van der Waals surface area contributed by atoms with Crippen LogP contribution < -0.4 is 5.73 Å². The van der Waals surface area contributed by atoms with E-state index in [-0.39, 0.29) is 17.7 Å². The highest BCUT2D eigenvalue weighted by atomic mass is 16.1. The third kappa shape index (κ3) is 2.17. The molecule has 16 heavy (non-hydrogen) atoms. The SMILES string of the molecule is Cc1ccccc1C(=O)C1CCCCC1N. The first-order valence-electron chi connectivity index (χ1n) is 6.05. The van der Waals surface area contributed by atoms with Crippen LogP contribution in [-0.2, 0) is 0 Å². The summed E-state index contributed by atoms with van der Waals surface area (Å²) >= 11 is 0. The fourth-order valence-corrected chi connectivity index (χ4v) is 2.53. The Bertz CT molecular complexity index is 386. The van der Waals surface area contributed by atoms with Crippen LogP contribution in [0.2, 0.25) is 0 Å². The summed E-state index contributed by atoms with van der Waals surface area (Å²) in [4.78, 5) is 12.4. The van der Waals surface area contributed by atoms with E-state index < -0.39 is 0 Å². The second-order valence-electron chi connectivity index (χ2n) is 4.73. The Hall–Kier alpha value is -1.15. The predicted octanol–water partition coefficient (Wildman–Crippen LogP) is 2.70. The zero-order valence-electron chi connectivity index (χ0n) is 9.78. The maximum absolute atomic E-state index is 12.4. The third-order valence-corrected chi connectivity index (χ3v) is 3.57. The Balaban J connectivity index is 2.21. The van der Waals surface area contributed by atoms with Crippen molar-refractivity contribution in [2.24, 2.45) is 11.7 Å². The van der Waals surface area contributed by atoms with Crippen molar-refractivity contribution < 1.29 is 4.79 Å². The van der Waals surface area contributed by atoms with Crippen molar-refractivity contribution in [1.82, 2.24) is 0 Å². The van der Waals surface area contributed by atoms with Crippen LogP contribution in [-0.4, -0.2) is 11.8 Å². The van der Waals surface area contributed by atoms with Gasteiger partial charge in [0.15, 0.2) is 5.78 Å². The van der Waals surface area contributed by atoms with E-state index in [0.717, 1.165) is 30.4 Å². The molecule has 2 rings (SSSR count). The van der Waals surface area contributed by atoms with E-state index >= 15 is 0 Å².